The Hall–Kier alpha value is -2.90. The van der Waals surface area contributed by atoms with Crippen molar-refractivity contribution in [1.82, 2.24) is 4.90 Å². The number of imide groups is 1. The minimum absolute atomic E-state index is 0.151. The van der Waals surface area contributed by atoms with E-state index in [0.717, 1.165) is 18.4 Å². The molecule has 4 heterocycles. The van der Waals surface area contributed by atoms with Gasteiger partial charge in [-0.15, -0.1) is 0 Å². The van der Waals surface area contributed by atoms with Crippen LogP contribution in [0.15, 0.2) is 42.5 Å². The second kappa shape index (κ2) is 6.31. The highest BCUT2D eigenvalue weighted by Crippen LogP contribution is 2.61. The summed E-state index contributed by atoms with van der Waals surface area (Å²) < 4.78 is 5.42. The molecule has 4 aliphatic rings. The van der Waals surface area contributed by atoms with E-state index in [9.17, 15) is 14.4 Å². The van der Waals surface area contributed by atoms with Gasteiger partial charge in [-0.05, 0) is 61.9 Å². The summed E-state index contributed by atoms with van der Waals surface area (Å²) in [5.74, 6) is -1.55. The van der Waals surface area contributed by atoms with Crippen molar-refractivity contribution in [3.05, 3.63) is 53.1 Å². The number of hydrogen-bond donors (Lipinski definition) is 1. The molecule has 0 unspecified atom stereocenters. The van der Waals surface area contributed by atoms with Gasteiger partial charge < -0.3 is 10.1 Å². The molecule has 0 radical (unpaired) electrons. The van der Waals surface area contributed by atoms with Crippen LogP contribution >= 0.6 is 11.6 Å². The molecule has 0 aromatic heterocycles. The zero-order chi connectivity index (χ0) is 21.5. The fraction of sp³-hybridized carbons (Fsp3) is 0.348. The smallest absolute Gasteiger partial charge is 0.250 e. The van der Waals surface area contributed by atoms with Gasteiger partial charge >= 0.3 is 0 Å². The maximum atomic E-state index is 13.8. The van der Waals surface area contributed by atoms with E-state index in [1.807, 2.05) is 6.07 Å². The molecular weight excluding hydrogens is 418 g/mol. The van der Waals surface area contributed by atoms with Crippen LogP contribution in [0.1, 0.15) is 18.4 Å². The lowest BCUT2D eigenvalue weighted by atomic mass is 9.75. The van der Waals surface area contributed by atoms with E-state index in [1.54, 1.807) is 43.5 Å². The quantitative estimate of drug-likeness (QED) is 0.731. The molecular formula is C23H20ClN3O4. The van der Waals surface area contributed by atoms with Crippen LogP contribution in [0, 0.1) is 11.8 Å². The van der Waals surface area contributed by atoms with Crippen LogP contribution in [0.2, 0.25) is 5.02 Å². The molecule has 0 bridgehead atoms. The number of nitrogens with one attached hydrogen (secondary N) is 1. The van der Waals surface area contributed by atoms with Crippen LogP contribution in [0.5, 0.6) is 5.75 Å². The maximum Gasteiger partial charge on any atom is 0.250 e. The molecule has 0 aliphatic carbocycles. The standard InChI is InChI=1S/C23H20ClN3O4/c1-31-14-8-9-16-15(11-14)23(22(30)25-16)19-18(17-3-2-10-26(17)23)20(28)27(21(19)29)13-6-4-12(24)5-7-13/h4-9,11,17-19H,2-3,10H2,1H3,(H,25,30)/t17-,18+,19+,23-/m1/s1. The van der Waals surface area contributed by atoms with Crippen LogP contribution in [-0.4, -0.2) is 42.3 Å². The Kier molecular flexibility index (Phi) is 3.83. The molecule has 0 saturated carbocycles. The molecule has 8 heteroatoms. The number of rotatable bonds is 2. The SMILES string of the molecule is COc1ccc2c(c1)[C@]1(C(=O)N2)[C@@H]2C(=O)N(c3ccc(Cl)cc3)C(=O)[C@H]2[C@H]2CCCN21. The number of amides is 3. The number of anilines is 2. The Bertz CT molecular complexity index is 1150. The minimum Gasteiger partial charge on any atom is -0.497 e. The average Bonchev–Trinajstić information content (AvgIpc) is 3.47. The predicted octanol–water partition coefficient (Wildman–Crippen LogP) is 2.78. The Balaban J connectivity index is 1.55. The summed E-state index contributed by atoms with van der Waals surface area (Å²) in [4.78, 5) is 44.3. The number of carbonyl (C=O) groups excluding carboxylic acids is 3. The van der Waals surface area contributed by atoms with Gasteiger partial charge in [-0.3, -0.25) is 19.3 Å². The van der Waals surface area contributed by atoms with Crippen LogP contribution in [0.4, 0.5) is 11.4 Å². The normalized spacial score (nSPS) is 31.2. The minimum atomic E-state index is -1.20. The van der Waals surface area contributed by atoms with Crippen molar-refractivity contribution >= 4 is 40.7 Å². The van der Waals surface area contributed by atoms with Gasteiger partial charge in [0.15, 0.2) is 0 Å². The van der Waals surface area contributed by atoms with E-state index < -0.39 is 17.4 Å². The van der Waals surface area contributed by atoms with Gasteiger partial charge in [0.25, 0.3) is 0 Å². The molecule has 3 amide bonds. The Morgan fingerprint density at radius 2 is 1.87 bits per heavy atom. The molecule has 2 aromatic carbocycles. The molecule has 31 heavy (non-hydrogen) atoms. The van der Waals surface area contributed by atoms with Crippen molar-refractivity contribution in [3.8, 4) is 5.75 Å². The zero-order valence-electron chi connectivity index (χ0n) is 16.8. The number of benzene rings is 2. The molecule has 1 spiro atoms. The first-order valence-corrected chi connectivity index (χ1v) is 10.8. The molecule has 3 fully saturated rings. The number of nitrogens with zero attached hydrogens (tertiary/aromatic N) is 2. The van der Waals surface area contributed by atoms with Gasteiger partial charge in [-0.1, -0.05) is 11.6 Å². The molecule has 3 saturated heterocycles. The number of carbonyl (C=O) groups is 3. The average molecular weight is 438 g/mol. The second-order valence-electron chi connectivity index (χ2n) is 8.53. The number of halogens is 1. The van der Waals surface area contributed by atoms with Gasteiger partial charge in [0.05, 0.1) is 24.6 Å². The first kappa shape index (κ1) is 18.8. The van der Waals surface area contributed by atoms with E-state index in [2.05, 4.69) is 10.2 Å². The second-order valence-corrected chi connectivity index (χ2v) is 8.96. The Morgan fingerprint density at radius 1 is 1.10 bits per heavy atom. The van der Waals surface area contributed by atoms with Gasteiger partial charge in [-0.2, -0.15) is 0 Å². The van der Waals surface area contributed by atoms with Crippen LogP contribution in [0.25, 0.3) is 0 Å². The number of hydrogen-bond acceptors (Lipinski definition) is 5. The van der Waals surface area contributed by atoms with Crippen LogP contribution in [-0.2, 0) is 19.9 Å². The van der Waals surface area contributed by atoms with Crippen molar-refractivity contribution in [1.29, 1.82) is 0 Å². The molecule has 4 atom stereocenters. The summed E-state index contributed by atoms with van der Waals surface area (Å²) in [5, 5.41) is 3.49. The first-order chi connectivity index (χ1) is 15.0. The van der Waals surface area contributed by atoms with Crippen molar-refractivity contribution in [2.45, 2.75) is 24.4 Å². The zero-order valence-corrected chi connectivity index (χ0v) is 17.6. The fourth-order valence-corrected chi connectivity index (χ4v) is 6.28. The first-order valence-electron chi connectivity index (χ1n) is 10.4. The van der Waals surface area contributed by atoms with Gasteiger partial charge in [-0.25, -0.2) is 4.90 Å². The van der Waals surface area contributed by atoms with E-state index >= 15 is 0 Å². The fourth-order valence-electron chi connectivity index (χ4n) is 6.15. The number of ether oxygens (including phenoxy) is 1. The molecule has 2 aromatic rings. The van der Waals surface area contributed by atoms with Crippen molar-refractivity contribution < 1.29 is 19.1 Å². The lowest BCUT2D eigenvalue weighted by Crippen LogP contribution is -2.54. The van der Waals surface area contributed by atoms with Crippen LogP contribution in [0.3, 0.4) is 0 Å². The van der Waals surface area contributed by atoms with Gasteiger partial charge in [0.2, 0.25) is 17.7 Å². The third kappa shape index (κ3) is 2.20. The molecule has 6 rings (SSSR count). The topological polar surface area (TPSA) is 79.0 Å². The highest BCUT2D eigenvalue weighted by molar-refractivity contribution is 6.31. The van der Waals surface area contributed by atoms with E-state index in [1.165, 1.54) is 4.90 Å². The third-order valence-electron chi connectivity index (χ3n) is 7.28. The monoisotopic (exact) mass is 437 g/mol. The lowest BCUT2D eigenvalue weighted by molar-refractivity contribution is -0.135. The highest BCUT2D eigenvalue weighted by atomic mass is 35.5. The Labute approximate surface area is 183 Å². The third-order valence-corrected chi connectivity index (χ3v) is 7.54. The molecule has 7 nitrogen and oxygen atoms in total. The summed E-state index contributed by atoms with van der Waals surface area (Å²) in [5.41, 5.74) is 0.666. The van der Waals surface area contributed by atoms with Crippen molar-refractivity contribution in [2.75, 3.05) is 23.9 Å². The van der Waals surface area contributed by atoms with Crippen molar-refractivity contribution in [2.24, 2.45) is 11.8 Å². The van der Waals surface area contributed by atoms with E-state index in [-0.39, 0.29) is 23.8 Å². The lowest BCUT2D eigenvalue weighted by Gasteiger charge is -2.36. The van der Waals surface area contributed by atoms with Gasteiger partial charge in [0.1, 0.15) is 11.3 Å². The molecule has 1 N–H and O–H groups in total. The van der Waals surface area contributed by atoms with Crippen LogP contribution < -0.4 is 15.0 Å². The highest BCUT2D eigenvalue weighted by Gasteiger charge is 2.74. The molecule has 158 valence electrons. The largest absolute Gasteiger partial charge is 0.497 e. The number of fused-ring (bicyclic) bond motifs is 7. The molecule has 4 aliphatic heterocycles. The van der Waals surface area contributed by atoms with E-state index in [4.69, 9.17) is 16.3 Å². The maximum absolute atomic E-state index is 13.8. The van der Waals surface area contributed by atoms with Gasteiger partial charge in [0, 0.05) is 22.3 Å². The van der Waals surface area contributed by atoms with Crippen molar-refractivity contribution in [3.63, 3.8) is 0 Å². The summed E-state index contributed by atoms with van der Waals surface area (Å²) >= 11 is 6.00. The summed E-state index contributed by atoms with van der Waals surface area (Å²) in [6.07, 6.45) is 1.66. The predicted molar refractivity (Wildman–Crippen MR) is 114 cm³/mol. The Morgan fingerprint density at radius 3 is 2.61 bits per heavy atom. The summed E-state index contributed by atoms with van der Waals surface area (Å²) in [6, 6.07) is 11.9. The van der Waals surface area contributed by atoms with E-state index in [0.29, 0.717) is 28.7 Å². The summed E-state index contributed by atoms with van der Waals surface area (Å²) in [6.45, 7) is 0.670. The number of methoxy groups -OCH3 is 1. The summed E-state index contributed by atoms with van der Waals surface area (Å²) in [7, 11) is 1.57.